The molecule has 31 heavy (non-hydrogen) atoms. The maximum Gasteiger partial charge on any atom is 0.416 e. The minimum atomic E-state index is -0.566. The van der Waals surface area contributed by atoms with Gasteiger partial charge in [-0.15, -0.1) is 0 Å². The van der Waals surface area contributed by atoms with Crippen molar-refractivity contribution in [2.24, 2.45) is 0 Å². The second kappa shape index (κ2) is 9.94. The summed E-state index contributed by atoms with van der Waals surface area (Å²) in [5.41, 5.74) is 1.13. The fourth-order valence-corrected chi connectivity index (χ4v) is 3.86. The Kier molecular flexibility index (Phi) is 7.31. The van der Waals surface area contributed by atoms with E-state index in [4.69, 9.17) is 4.74 Å². The zero-order valence-corrected chi connectivity index (χ0v) is 19.0. The van der Waals surface area contributed by atoms with Crippen molar-refractivity contribution in [1.82, 2.24) is 9.88 Å². The Morgan fingerprint density at radius 1 is 1.13 bits per heavy atom. The molecule has 1 aromatic carbocycles. The summed E-state index contributed by atoms with van der Waals surface area (Å²) in [6, 6.07) is 13.2. The monoisotopic (exact) mass is 423 g/mol. The van der Waals surface area contributed by atoms with E-state index < -0.39 is 11.7 Å². The lowest BCUT2D eigenvalue weighted by molar-refractivity contribution is 0.0578. The first kappa shape index (κ1) is 22.8. The van der Waals surface area contributed by atoms with Crippen LogP contribution < -0.4 is 4.90 Å². The van der Waals surface area contributed by atoms with Crippen LogP contribution in [0.1, 0.15) is 75.3 Å². The Balaban J connectivity index is 1.81. The van der Waals surface area contributed by atoms with Crippen LogP contribution in [0.3, 0.4) is 0 Å². The number of carbonyl (C=O) groups excluding carboxylic acids is 2. The predicted molar refractivity (Wildman–Crippen MR) is 122 cm³/mol. The number of carbonyl (C=O) groups is 2. The van der Waals surface area contributed by atoms with Crippen molar-refractivity contribution in [3.63, 3.8) is 0 Å². The van der Waals surface area contributed by atoms with Crippen molar-refractivity contribution in [2.75, 3.05) is 18.0 Å². The lowest BCUT2D eigenvalue weighted by Crippen LogP contribution is -2.39. The summed E-state index contributed by atoms with van der Waals surface area (Å²) in [6.45, 7) is 8.84. The van der Waals surface area contributed by atoms with Gasteiger partial charge in [-0.1, -0.05) is 31.2 Å². The molecule has 1 saturated heterocycles. The summed E-state index contributed by atoms with van der Waals surface area (Å²) in [5, 5.41) is 0. The van der Waals surface area contributed by atoms with Crippen molar-refractivity contribution < 1.29 is 14.3 Å². The smallest absolute Gasteiger partial charge is 0.416 e. The number of benzene rings is 1. The molecule has 0 unspecified atom stereocenters. The topological polar surface area (TPSA) is 62.7 Å². The van der Waals surface area contributed by atoms with Crippen LogP contribution in [0.25, 0.3) is 0 Å². The maximum absolute atomic E-state index is 13.1. The van der Waals surface area contributed by atoms with Crippen LogP contribution in [0.4, 0.5) is 10.6 Å². The van der Waals surface area contributed by atoms with Gasteiger partial charge in [0.25, 0.3) is 5.91 Å². The molecule has 2 amide bonds. The van der Waals surface area contributed by atoms with E-state index in [0.29, 0.717) is 17.9 Å². The summed E-state index contributed by atoms with van der Waals surface area (Å²) < 4.78 is 5.54. The molecule has 2 aromatic rings. The highest BCUT2D eigenvalue weighted by Gasteiger charge is 2.29. The summed E-state index contributed by atoms with van der Waals surface area (Å²) in [7, 11) is 0. The lowest BCUT2D eigenvalue weighted by atomic mass is 9.95. The van der Waals surface area contributed by atoms with Crippen molar-refractivity contribution in [1.29, 1.82) is 0 Å². The summed E-state index contributed by atoms with van der Waals surface area (Å²) >= 11 is 0. The van der Waals surface area contributed by atoms with Gasteiger partial charge in [0.2, 0.25) is 0 Å². The maximum atomic E-state index is 13.1. The van der Waals surface area contributed by atoms with Crippen molar-refractivity contribution in [3.05, 3.63) is 59.8 Å². The number of hydrogen-bond acceptors (Lipinski definition) is 4. The molecule has 1 aromatic heterocycles. The van der Waals surface area contributed by atoms with Gasteiger partial charge in [0.15, 0.2) is 0 Å². The van der Waals surface area contributed by atoms with Gasteiger partial charge in [-0.05, 0) is 70.2 Å². The number of aromatic nitrogens is 1. The quantitative estimate of drug-likeness (QED) is 0.628. The Morgan fingerprint density at radius 2 is 1.87 bits per heavy atom. The van der Waals surface area contributed by atoms with E-state index in [9.17, 15) is 9.59 Å². The fourth-order valence-electron chi connectivity index (χ4n) is 3.86. The van der Waals surface area contributed by atoms with Crippen LogP contribution in [-0.4, -0.2) is 40.6 Å². The molecular formula is C25H33N3O3. The number of pyridine rings is 1. The molecule has 166 valence electrons. The lowest BCUT2D eigenvalue weighted by Gasteiger charge is -2.36. The second-order valence-corrected chi connectivity index (χ2v) is 8.96. The van der Waals surface area contributed by atoms with Gasteiger partial charge in [0.05, 0.1) is 6.04 Å². The van der Waals surface area contributed by atoms with E-state index in [1.54, 1.807) is 11.1 Å². The average molecular weight is 424 g/mol. The standard InChI is InChI=1S/C25H33N3O3/c1-5-16-28(24(30)31-25(2,3)4)22-15-14-20(18-26-22)21-13-9-10-17-27(21)23(29)19-11-7-6-8-12-19/h6-8,11-12,14-15,18,21H,5,9-10,13,16-17H2,1-4H3/t21-/m0/s1. The Bertz CT molecular complexity index is 875. The molecule has 1 fully saturated rings. The third kappa shape index (κ3) is 5.84. The highest BCUT2D eigenvalue weighted by molar-refractivity contribution is 5.94. The number of amides is 2. The molecule has 2 heterocycles. The van der Waals surface area contributed by atoms with Gasteiger partial charge >= 0.3 is 6.09 Å². The van der Waals surface area contributed by atoms with E-state index in [2.05, 4.69) is 4.98 Å². The molecule has 0 N–H and O–H groups in total. The molecule has 3 rings (SSSR count). The third-order valence-electron chi connectivity index (χ3n) is 5.28. The minimum Gasteiger partial charge on any atom is -0.443 e. The Morgan fingerprint density at radius 3 is 2.48 bits per heavy atom. The second-order valence-electron chi connectivity index (χ2n) is 8.96. The van der Waals surface area contributed by atoms with Crippen LogP contribution >= 0.6 is 0 Å². The van der Waals surface area contributed by atoms with Gasteiger partial charge < -0.3 is 9.64 Å². The number of ether oxygens (including phenoxy) is 1. The first-order valence-electron chi connectivity index (χ1n) is 11.1. The number of piperidine rings is 1. The normalized spacial score (nSPS) is 16.6. The van der Waals surface area contributed by atoms with Crippen LogP contribution in [0.5, 0.6) is 0 Å². The predicted octanol–water partition coefficient (Wildman–Crippen LogP) is 5.60. The van der Waals surface area contributed by atoms with Crippen molar-refractivity contribution in [3.8, 4) is 0 Å². The van der Waals surface area contributed by atoms with E-state index >= 15 is 0 Å². The van der Waals surface area contributed by atoms with Gasteiger partial charge in [-0.2, -0.15) is 0 Å². The molecule has 6 heteroatoms. The molecule has 1 atom stereocenters. The van der Waals surface area contributed by atoms with E-state index in [0.717, 1.165) is 37.8 Å². The highest BCUT2D eigenvalue weighted by atomic mass is 16.6. The van der Waals surface area contributed by atoms with Crippen LogP contribution in [0.15, 0.2) is 48.7 Å². The van der Waals surface area contributed by atoms with Gasteiger partial charge in [-0.25, -0.2) is 9.78 Å². The van der Waals surface area contributed by atoms with Crippen molar-refractivity contribution >= 4 is 17.8 Å². The van der Waals surface area contributed by atoms with Gasteiger partial charge in [0.1, 0.15) is 11.4 Å². The molecule has 1 aliphatic heterocycles. The van der Waals surface area contributed by atoms with Crippen LogP contribution in [0.2, 0.25) is 0 Å². The molecule has 0 bridgehead atoms. The Hall–Kier alpha value is -2.89. The van der Waals surface area contributed by atoms with Crippen molar-refractivity contribution in [2.45, 2.75) is 65.0 Å². The highest BCUT2D eigenvalue weighted by Crippen LogP contribution is 2.32. The Labute approximate surface area is 185 Å². The number of likely N-dealkylation sites (tertiary alicyclic amines) is 1. The molecule has 6 nitrogen and oxygen atoms in total. The molecule has 1 aliphatic rings. The largest absolute Gasteiger partial charge is 0.443 e. The first-order chi connectivity index (χ1) is 14.8. The zero-order chi connectivity index (χ0) is 22.4. The fraction of sp³-hybridized carbons (Fsp3) is 0.480. The molecular weight excluding hydrogens is 390 g/mol. The third-order valence-corrected chi connectivity index (χ3v) is 5.28. The van der Waals surface area contributed by atoms with Gasteiger partial charge in [0, 0.05) is 24.8 Å². The van der Waals surface area contributed by atoms with E-state index in [-0.39, 0.29) is 11.9 Å². The molecule has 0 saturated carbocycles. The number of nitrogens with zero attached hydrogens (tertiary/aromatic N) is 3. The number of anilines is 1. The first-order valence-corrected chi connectivity index (χ1v) is 11.1. The average Bonchev–Trinajstić information content (AvgIpc) is 2.76. The minimum absolute atomic E-state index is 0.0100. The van der Waals surface area contributed by atoms with Crippen LogP contribution in [0, 0.1) is 0 Å². The number of hydrogen-bond donors (Lipinski definition) is 0. The SMILES string of the molecule is CCCN(C(=O)OC(C)(C)C)c1ccc([C@@H]2CCCCN2C(=O)c2ccccc2)cn1. The van der Waals surface area contributed by atoms with Crippen LogP contribution in [-0.2, 0) is 4.74 Å². The summed E-state index contributed by atoms with van der Waals surface area (Å²) in [4.78, 5) is 33.8. The number of rotatable bonds is 5. The van der Waals surface area contributed by atoms with Gasteiger partial charge in [-0.3, -0.25) is 9.69 Å². The van der Waals surface area contributed by atoms with E-state index in [1.165, 1.54) is 0 Å². The molecule has 0 radical (unpaired) electrons. The molecule has 0 spiro atoms. The van der Waals surface area contributed by atoms with E-state index in [1.807, 2.05) is 75.1 Å². The zero-order valence-electron chi connectivity index (χ0n) is 19.0. The summed E-state index contributed by atoms with van der Waals surface area (Å²) in [6.07, 6.45) is 5.18. The summed E-state index contributed by atoms with van der Waals surface area (Å²) in [5.74, 6) is 0.618. The molecule has 0 aliphatic carbocycles.